The summed E-state index contributed by atoms with van der Waals surface area (Å²) < 4.78 is 5.31. The first kappa shape index (κ1) is 11.7. The van der Waals surface area contributed by atoms with Gasteiger partial charge in [0.2, 0.25) is 0 Å². The van der Waals surface area contributed by atoms with E-state index in [-0.39, 0.29) is 11.8 Å². The molecule has 0 spiro atoms. The van der Waals surface area contributed by atoms with Crippen LogP contribution in [0.25, 0.3) is 0 Å². The van der Waals surface area contributed by atoms with Crippen molar-refractivity contribution >= 4 is 17.3 Å². The van der Waals surface area contributed by atoms with Crippen molar-refractivity contribution < 1.29 is 9.21 Å². The molecule has 2 heterocycles. The van der Waals surface area contributed by atoms with Crippen molar-refractivity contribution in [1.82, 2.24) is 0 Å². The summed E-state index contributed by atoms with van der Waals surface area (Å²) in [6.45, 7) is 1.88. The summed E-state index contributed by atoms with van der Waals surface area (Å²) in [5.41, 5.74) is 1.62. The SMILES string of the molecule is CC1=NN(c2ccccc2)C(=O)C1Cc1ccco1. The zero-order chi connectivity index (χ0) is 13.2. The molecular weight excluding hydrogens is 240 g/mol. The number of furan rings is 1. The molecule has 0 N–H and O–H groups in total. The van der Waals surface area contributed by atoms with E-state index in [2.05, 4.69) is 5.10 Å². The van der Waals surface area contributed by atoms with E-state index < -0.39 is 0 Å². The van der Waals surface area contributed by atoms with Crippen LogP contribution in [-0.2, 0) is 11.2 Å². The maximum absolute atomic E-state index is 12.4. The molecule has 0 fully saturated rings. The van der Waals surface area contributed by atoms with Gasteiger partial charge in [-0.25, -0.2) is 5.01 Å². The monoisotopic (exact) mass is 254 g/mol. The Morgan fingerprint density at radius 1 is 1.21 bits per heavy atom. The lowest BCUT2D eigenvalue weighted by Gasteiger charge is -2.13. The van der Waals surface area contributed by atoms with Gasteiger partial charge in [-0.1, -0.05) is 18.2 Å². The fourth-order valence-corrected chi connectivity index (χ4v) is 2.22. The molecule has 0 radical (unpaired) electrons. The minimum atomic E-state index is -0.230. The third-order valence-corrected chi connectivity index (χ3v) is 3.26. The third-order valence-electron chi connectivity index (χ3n) is 3.26. The number of nitrogens with zero attached hydrogens (tertiary/aromatic N) is 2. The first-order chi connectivity index (χ1) is 9.25. The number of hydrogen-bond donors (Lipinski definition) is 0. The van der Waals surface area contributed by atoms with Crippen LogP contribution in [0, 0.1) is 5.92 Å². The third kappa shape index (κ3) is 2.17. The first-order valence-corrected chi connectivity index (χ1v) is 6.22. The molecule has 0 bridgehead atoms. The second-order valence-corrected chi connectivity index (χ2v) is 4.56. The molecule has 1 aliphatic heterocycles. The van der Waals surface area contributed by atoms with Crippen LogP contribution in [0.2, 0.25) is 0 Å². The summed E-state index contributed by atoms with van der Waals surface area (Å²) in [7, 11) is 0. The van der Waals surface area contributed by atoms with E-state index in [1.165, 1.54) is 5.01 Å². The number of anilines is 1. The Hall–Kier alpha value is -2.36. The molecule has 0 saturated heterocycles. The fourth-order valence-electron chi connectivity index (χ4n) is 2.22. The van der Waals surface area contributed by atoms with E-state index in [0.717, 1.165) is 17.2 Å². The predicted molar refractivity (Wildman–Crippen MR) is 72.9 cm³/mol. The van der Waals surface area contributed by atoms with Crippen LogP contribution in [0.4, 0.5) is 5.69 Å². The Kier molecular flexibility index (Phi) is 2.91. The van der Waals surface area contributed by atoms with Crippen molar-refractivity contribution in [3.63, 3.8) is 0 Å². The summed E-state index contributed by atoms with van der Waals surface area (Å²) in [6, 6.07) is 13.2. The highest BCUT2D eigenvalue weighted by Gasteiger charge is 2.34. The maximum atomic E-state index is 12.4. The minimum Gasteiger partial charge on any atom is -0.469 e. The smallest absolute Gasteiger partial charge is 0.256 e. The van der Waals surface area contributed by atoms with Crippen LogP contribution in [0.3, 0.4) is 0 Å². The highest BCUT2D eigenvalue weighted by Crippen LogP contribution is 2.25. The van der Waals surface area contributed by atoms with Crippen LogP contribution >= 0.6 is 0 Å². The molecule has 0 saturated carbocycles. The summed E-state index contributed by atoms with van der Waals surface area (Å²) in [5, 5.41) is 5.84. The van der Waals surface area contributed by atoms with Gasteiger partial charge in [0, 0.05) is 12.1 Å². The zero-order valence-electron chi connectivity index (χ0n) is 10.6. The standard InChI is InChI=1S/C15H14N2O2/c1-11-14(10-13-8-5-9-19-13)15(18)17(16-11)12-6-3-2-4-7-12/h2-9,14H,10H2,1H3. The van der Waals surface area contributed by atoms with E-state index in [1.54, 1.807) is 6.26 Å². The Bertz CT molecular complexity index is 602. The molecule has 3 rings (SSSR count). The molecular formula is C15H14N2O2. The van der Waals surface area contributed by atoms with E-state index in [1.807, 2.05) is 49.4 Å². The van der Waals surface area contributed by atoms with Crippen molar-refractivity contribution in [2.75, 3.05) is 5.01 Å². The second kappa shape index (κ2) is 4.72. The Labute approximate surface area is 111 Å². The fraction of sp³-hybridized carbons (Fsp3) is 0.200. The summed E-state index contributed by atoms with van der Waals surface area (Å²) in [6.07, 6.45) is 2.18. The van der Waals surface area contributed by atoms with E-state index in [9.17, 15) is 4.79 Å². The number of amides is 1. The largest absolute Gasteiger partial charge is 0.469 e. The molecule has 1 aromatic carbocycles. The molecule has 2 aromatic rings. The molecule has 19 heavy (non-hydrogen) atoms. The van der Waals surface area contributed by atoms with Crippen LogP contribution in [-0.4, -0.2) is 11.6 Å². The normalized spacial score (nSPS) is 18.8. The number of hydrogen-bond acceptors (Lipinski definition) is 3. The van der Waals surface area contributed by atoms with Gasteiger partial charge in [0.1, 0.15) is 5.76 Å². The highest BCUT2D eigenvalue weighted by atomic mass is 16.3. The average molecular weight is 254 g/mol. The molecule has 4 heteroatoms. The number of carbonyl (C=O) groups is 1. The maximum Gasteiger partial charge on any atom is 0.256 e. The number of carbonyl (C=O) groups excluding carboxylic acids is 1. The van der Waals surface area contributed by atoms with Crippen LogP contribution in [0.15, 0.2) is 58.2 Å². The summed E-state index contributed by atoms with van der Waals surface area (Å²) in [5.74, 6) is 0.578. The lowest BCUT2D eigenvalue weighted by Crippen LogP contribution is -2.28. The molecule has 0 aliphatic carbocycles. The number of para-hydroxylation sites is 1. The Morgan fingerprint density at radius 2 is 2.00 bits per heavy atom. The van der Waals surface area contributed by atoms with Gasteiger partial charge in [0.25, 0.3) is 5.91 Å². The minimum absolute atomic E-state index is 0.0000926. The van der Waals surface area contributed by atoms with Crippen molar-refractivity contribution in [1.29, 1.82) is 0 Å². The van der Waals surface area contributed by atoms with Gasteiger partial charge in [-0.3, -0.25) is 4.79 Å². The molecule has 1 unspecified atom stereocenters. The lowest BCUT2D eigenvalue weighted by molar-refractivity contribution is -0.119. The number of rotatable bonds is 3. The molecule has 1 atom stereocenters. The van der Waals surface area contributed by atoms with Gasteiger partial charge in [0.15, 0.2) is 0 Å². The van der Waals surface area contributed by atoms with E-state index in [0.29, 0.717) is 6.42 Å². The number of hydrazone groups is 1. The molecule has 4 nitrogen and oxygen atoms in total. The average Bonchev–Trinajstić information content (AvgIpc) is 3.03. The van der Waals surface area contributed by atoms with Crippen LogP contribution in [0.5, 0.6) is 0 Å². The van der Waals surface area contributed by atoms with Crippen LogP contribution < -0.4 is 5.01 Å². The van der Waals surface area contributed by atoms with Gasteiger partial charge in [-0.2, -0.15) is 5.10 Å². The topological polar surface area (TPSA) is 45.8 Å². The predicted octanol–water partition coefficient (Wildman–Crippen LogP) is 2.86. The van der Waals surface area contributed by atoms with Crippen molar-refractivity contribution in [2.45, 2.75) is 13.3 Å². The van der Waals surface area contributed by atoms with Crippen LogP contribution in [0.1, 0.15) is 12.7 Å². The van der Waals surface area contributed by atoms with Crippen molar-refractivity contribution in [2.24, 2.45) is 11.0 Å². The van der Waals surface area contributed by atoms with Gasteiger partial charge in [-0.05, 0) is 31.2 Å². The molecule has 96 valence electrons. The quantitative estimate of drug-likeness (QED) is 0.845. The van der Waals surface area contributed by atoms with Gasteiger partial charge < -0.3 is 4.42 Å². The second-order valence-electron chi connectivity index (χ2n) is 4.56. The molecule has 1 aliphatic rings. The van der Waals surface area contributed by atoms with Crippen molar-refractivity contribution in [3.05, 3.63) is 54.5 Å². The number of benzene rings is 1. The zero-order valence-corrected chi connectivity index (χ0v) is 10.6. The van der Waals surface area contributed by atoms with Gasteiger partial charge in [0.05, 0.1) is 17.9 Å². The molecule has 1 aromatic heterocycles. The highest BCUT2D eigenvalue weighted by molar-refractivity contribution is 6.14. The van der Waals surface area contributed by atoms with E-state index >= 15 is 0 Å². The lowest BCUT2D eigenvalue weighted by atomic mass is 9.99. The van der Waals surface area contributed by atoms with Gasteiger partial charge >= 0.3 is 0 Å². The summed E-state index contributed by atoms with van der Waals surface area (Å²) >= 11 is 0. The Balaban J connectivity index is 1.83. The molecule has 1 amide bonds. The summed E-state index contributed by atoms with van der Waals surface area (Å²) in [4.78, 5) is 12.4. The van der Waals surface area contributed by atoms with Gasteiger partial charge in [-0.15, -0.1) is 0 Å². The van der Waals surface area contributed by atoms with E-state index in [4.69, 9.17) is 4.42 Å². The Morgan fingerprint density at radius 3 is 2.68 bits per heavy atom. The van der Waals surface area contributed by atoms with Crippen molar-refractivity contribution in [3.8, 4) is 0 Å². The first-order valence-electron chi connectivity index (χ1n) is 6.22.